The quantitative estimate of drug-likeness (QED) is 0.791. The van der Waals surface area contributed by atoms with Crippen LogP contribution in [-0.2, 0) is 17.6 Å². The van der Waals surface area contributed by atoms with Gasteiger partial charge in [0.05, 0.1) is 12.9 Å². The van der Waals surface area contributed by atoms with E-state index in [1.165, 1.54) is 13.0 Å². The first-order valence-corrected chi connectivity index (χ1v) is 6.53. The normalized spacial score (nSPS) is 10.5. The van der Waals surface area contributed by atoms with Crippen LogP contribution in [0, 0.1) is 5.82 Å². The van der Waals surface area contributed by atoms with Gasteiger partial charge in [0, 0.05) is 24.4 Å². The Balaban J connectivity index is 1.81. The van der Waals surface area contributed by atoms with E-state index >= 15 is 0 Å². The van der Waals surface area contributed by atoms with Crippen LogP contribution >= 0.6 is 0 Å². The number of ether oxygens (including phenoxy) is 1. The second kappa shape index (κ2) is 6.84. The summed E-state index contributed by atoms with van der Waals surface area (Å²) >= 11 is 0. The molecule has 0 unspecified atom stereocenters. The highest BCUT2D eigenvalue weighted by Crippen LogP contribution is 2.17. The van der Waals surface area contributed by atoms with Gasteiger partial charge in [-0.2, -0.15) is 0 Å². The number of aromatic amines is 1. The summed E-state index contributed by atoms with van der Waals surface area (Å²) in [6, 6.07) is 4.62. The third-order valence-corrected chi connectivity index (χ3v) is 2.88. The van der Waals surface area contributed by atoms with Crippen LogP contribution in [0.2, 0.25) is 0 Å². The van der Waals surface area contributed by atoms with Crippen molar-refractivity contribution in [3.8, 4) is 5.75 Å². The third kappa shape index (κ3) is 4.19. The summed E-state index contributed by atoms with van der Waals surface area (Å²) in [5, 5.41) is 0. The number of hydrogen-bond acceptors (Lipinski definition) is 3. The van der Waals surface area contributed by atoms with Crippen molar-refractivity contribution in [3.63, 3.8) is 0 Å². The van der Waals surface area contributed by atoms with Gasteiger partial charge in [0.1, 0.15) is 17.3 Å². The molecule has 0 saturated heterocycles. The number of H-pyrrole nitrogens is 1. The van der Waals surface area contributed by atoms with E-state index in [1.54, 1.807) is 24.7 Å². The largest absolute Gasteiger partial charge is 0.493 e. The zero-order valence-corrected chi connectivity index (χ0v) is 11.4. The Bertz CT molecular complexity index is 567. The highest BCUT2D eigenvalue weighted by molar-refractivity contribution is 5.78. The Kier molecular flexibility index (Phi) is 4.87. The Labute approximate surface area is 117 Å². The molecule has 1 aromatic heterocycles. The lowest BCUT2D eigenvalue weighted by atomic mass is 10.1. The molecule has 0 radical (unpaired) electrons. The molecule has 106 valence electrons. The topological polar surface area (TPSA) is 55.0 Å². The average molecular weight is 276 g/mol. The van der Waals surface area contributed by atoms with E-state index in [-0.39, 0.29) is 12.2 Å². The molecule has 0 bridgehead atoms. The molecular formula is C15H17FN2O2. The van der Waals surface area contributed by atoms with Gasteiger partial charge in [-0.15, -0.1) is 0 Å². The first kappa shape index (κ1) is 14.2. The molecule has 1 N–H and O–H groups in total. The molecule has 4 nitrogen and oxygen atoms in total. The fourth-order valence-corrected chi connectivity index (χ4v) is 1.90. The van der Waals surface area contributed by atoms with Crippen LogP contribution in [0.1, 0.15) is 24.6 Å². The first-order chi connectivity index (χ1) is 9.65. The van der Waals surface area contributed by atoms with E-state index in [0.717, 1.165) is 18.5 Å². The van der Waals surface area contributed by atoms with Gasteiger partial charge in [-0.05, 0) is 31.4 Å². The maximum atomic E-state index is 13.7. The van der Waals surface area contributed by atoms with Gasteiger partial charge in [0.25, 0.3) is 0 Å². The maximum Gasteiger partial charge on any atom is 0.134 e. The molecule has 0 fully saturated rings. The molecule has 2 rings (SSSR count). The third-order valence-electron chi connectivity index (χ3n) is 2.88. The van der Waals surface area contributed by atoms with E-state index in [2.05, 4.69) is 9.97 Å². The molecular weight excluding hydrogens is 259 g/mol. The van der Waals surface area contributed by atoms with Crippen molar-refractivity contribution in [2.24, 2.45) is 0 Å². The van der Waals surface area contributed by atoms with Crippen LogP contribution in [0.15, 0.2) is 30.7 Å². The maximum absolute atomic E-state index is 13.7. The van der Waals surface area contributed by atoms with Gasteiger partial charge >= 0.3 is 0 Å². The van der Waals surface area contributed by atoms with E-state index in [9.17, 15) is 9.18 Å². The molecule has 0 aliphatic carbocycles. The van der Waals surface area contributed by atoms with Crippen molar-refractivity contribution in [2.75, 3.05) is 6.61 Å². The van der Waals surface area contributed by atoms with Crippen LogP contribution in [0.5, 0.6) is 5.75 Å². The molecule has 0 aliphatic rings. The smallest absolute Gasteiger partial charge is 0.134 e. The minimum Gasteiger partial charge on any atom is -0.493 e. The average Bonchev–Trinajstić information content (AvgIpc) is 2.90. The van der Waals surface area contributed by atoms with Crippen LogP contribution in [0.3, 0.4) is 0 Å². The van der Waals surface area contributed by atoms with Gasteiger partial charge in [-0.1, -0.05) is 6.07 Å². The number of halogens is 1. The van der Waals surface area contributed by atoms with Gasteiger partial charge in [0.2, 0.25) is 0 Å². The molecule has 1 heterocycles. The summed E-state index contributed by atoms with van der Waals surface area (Å²) in [4.78, 5) is 17.9. The van der Waals surface area contributed by atoms with Crippen molar-refractivity contribution in [1.82, 2.24) is 9.97 Å². The zero-order chi connectivity index (χ0) is 14.4. The Morgan fingerprint density at radius 2 is 2.30 bits per heavy atom. The summed E-state index contributed by atoms with van der Waals surface area (Å²) in [5.41, 5.74) is 1.46. The van der Waals surface area contributed by atoms with Crippen LogP contribution in [0.25, 0.3) is 0 Å². The van der Waals surface area contributed by atoms with Crippen molar-refractivity contribution < 1.29 is 13.9 Å². The highest BCUT2D eigenvalue weighted by Gasteiger charge is 2.06. The summed E-state index contributed by atoms with van der Waals surface area (Å²) in [6.07, 6.45) is 5.19. The lowest BCUT2D eigenvalue weighted by Crippen LogP contribution is -2.02. The molecule has 0 aliphatic heterocycles. The Morgan fingerprint density at radius 3 is 2.95 bits per heavy atom. The lowest BCUT2D eigenvalue weighted by Gasteiger charge is -2.07. The molecule has 0 spiro atoms. The van der Waals surface area contributed by atoms with Crippen molar-refractivity contribution in [1.29, 1.82) is 0 Å². The lowest BCUT2D eigenvalue weighted by molar-refractivity contribution is -0.116. The van der Waals surface area contributed by atoms with Crippen LogP contribution in [0.4, 0.5) is 4.39 Å². The zero-order valence-electron chi connectivity index (χ0n) is 11.4. The van der Waals surface area contributed by atoms with Gasteiger partial charge in [-0.3, -0.25) is 4.79 Å². The van der Waals surface area contributed by atoms with Crippen molar-refractivity contribution >= 4 is 5.78 Å². The van der Waals surface area contributed by atoms with Crippen molar-refractivity contribution in [2.45, 2.75) is 26.2 Å². The number of carbonyl (C=O) groups is 1. The minimum absolute atomic E-state index is 0.0582. The van der Waals surface area contributed by atoms with Gasteiger partial charge < -0.3 is 9.72 Å². The number of ketones is 1. The summed E-state index contributed by atoms with van der Waals surface area (Å²) in [5.74, 6) is 0.0304. The summed E-state index contributed by atoms with van der Waals surface area (Å²) in [6.45, 7) is 1.95. The predicted molar refractivity (Wildman–Crippen MR) is 73.2 cm³/mol. The predicted octanol–water partition coefficient (Wildman–Crippen LogP) is 2.69. The molecule has 1 aromatic carbocycles. The number of nitrogens with zero attached hydrogens (tertiary/aromatic N) is 1. The molecule has 20 heavy (non-hydrogen) atoms. The van der Waals surface area contributed by atoms with E-state index in [0.29, 0.717) is 17.9 Å². The second-order valence-corrected chi connectivity index (χ2v) is 4.66. The molecule has 0 amide bonds. The highest BCUT2D eigenvalue weighted by atomic mass is 19.1. The van der Waals surface area contributed by atoms with Gasteiger partial charge in [0.15, 0.2) is 0 Å². The van der Waals surface area contributed by atoms with Crippen molar-refractivity contribution in [3.05, 3.63) is 47.8 Å². The number of hydrogen-bond donors (Lipinski definition) is 1. The monoisotopic (exact) mass is 276 g/mol. The number of aromatic nitrogens is 2. The Hall–Kier alpha value is -2.17. The molecule has 5 heteroatoms. The fraction of sp³-hybridized carbons (Fsp3) is 0.333. The van der Waals surface area contributed by atoms with E-state index in [1.807, 2.05) is 0 Å². The molecule has 2 aromatic rings. The standard InChI is InChI=1S/C15H17FN2O2/c1-11(19)7-12-4-5-14(8-15(12)16)20-6-2-3-13-9-17-10-18-13/h4-5,8-10H,2-3,6-7H2,1H3,(H,17,18). The van der Waals surface area contributed by atoms with Crippen LogP contribution < -0.4 is 4.74 Å². The Morgan fingerprint density at radius 1 is 1.45 bits per heavy atom. The molecule has 0 saturated carbocycles. The first-order valence-electron chi connectivity index (χ1n) is 6.53. The number of benzene rings is 1. The summed E-state index contributed by atoms with van der Waals surface area (Å²) in [7, 11) is 0. The number of nitrogens with one attached hydrogen (secondary N) is 1. The van der Waals surface area contributed by atoms with E-state index in [4.69, 9.17) is 4.74 Å². The number of Topliss-reactive ketones (excluding diaryl/α,β-unsaturated/α-hetero) is 1. The molecule has 0 atom stereocenters. The number of carbonyl (C=O) groups excluding carboxylic acids is 1. The second-order valence-electron chi connectivity index (χ2n) is 4.66. The van der Waals surface area contributed by atoms with Gasteiger partial charge in [-0.25, -0.2) is 9.37 Å². The number of rotatable bonds is 7. The van der Waals surface area contributed by atoms with E-state index < -0.39 is 5.82 Å². The minimum atomic E-state index is -0.397. The number of aryl methyl sites for hydroxylation is 1. The fourth-order valence-electron chi connectivity index (χ4n) is 1.90. The SMILES string of the molecule is CC(=O)Cc1ccc(OCCCc2cnc[nH]2)cc1F. The number of imidazole rings is 1. The van der Waals surface area contributed by atoms with Crippen LogP contribution in [-0.4, -0.2) is 22.4 Å². The summed E-state index contributed by atoms with van der Waals surface area (Å²) < 4.78 is 19.2.